The van der Waals surface area contributed by atoms with Crippen LogP contribution in [0.15, 0.2) is 40.6 Å². The summed E-state index contributed by atoms with van der Waals surface area (Å²) in [6, 6.07) is 8.05. The summed E-state index contributed by atoms with van der Waals surface area (Å²) >= 11 is 1.08. The van der Waals surface area contributed by atoms with Gasteiger partial charge in [0, 0.05) is 26.1 Å². The molecular formula is C16H20N2O5S2. The lowest BCUT2D eigenvalue weighted by molar-refractivity contribution is 0.0941. The average molecular weight is 384 g/mol. The maximum Gasteiger partial charge on any atom is 0.264 e. The first-order chi connectivity index (χ1) is 11.9. The van der Waals surface area contributed by atoms with Crippen molar-refractivity contribution < 1.29 is 22.7 Å². The van der Waals surface area contributed by atoms with E-state index in [1.807, 2.05) is 0 Å². The van der Waals surface area contributed by atoms with Gasteiger partial charge in [-0.1, -0.05) is 0 Å². The number of carbonyl (C=O) groups excluding carboxylic acids is 1. The van der Waals surface area contributed by atoms with E-state index >= 15 is 0 Å². The van der Waals surface area contributed by atoms with Gasteiger partial charge in [0.15, 0.2) is 0 Å². The molecule has 0 saturated carbocycles. The lowest BCUT2D eigenvalue weighted by Crippen LogP contribution is -2.27. The van der Waals surface area contributed by atoms with E-state index in [0.717, 1.165) is 11.3 Å². The van der Waals surface area contributed by atoms with Crippen molar-refractivity contribution in [3.63, 3.8) is 0 Å². The molecule has 1 aromatic carbocycles. The highest BCUT2D eigenvalue weighted by atomic mass is 32.2. The van der Waals surface area contributed by atoms with Crippen molar-refractivity contribution in [1.29, 1.82) is 0 Å². The molecule has 0 aliphatic carbocycles. The van der Waals surface area contributed by atoms with Crippen molar-refractivity contribution in [2.75, 3.05) is 38.7 Å². The molecule has 0 radical (unpaired) electrons. The van der Waals surface area contributed by atoms with Crippen molar-refractivity contribution in [3.8, 4) is 5.75 Å². The minimum absolute atomic E-state index is 0.0766. The van der Waals surface area contributed by atoms with Gasteiger partial charge in [-0.15, -0.1) is 11.3 Å². The van der Waals surface area contributed by atoms with Crippen molar-refractivity contribution in [3.05, 3.63) is 40.6 Å². The topological polar surface area (TPSA) is 84.9 Å². The van der Waals surface area contributed by atoms with Crippen LogP contribution in [0.4, 0.5) is 5.69 Å². The highest BCUT2D eigenvalue weighted by molar-refractivity contribution is 7.93. The van der Waals surface area contributed by atoms with Crippen LogP contribution in [0.25, 0.3) is 0 Å². The summed E-state index contributed by atoms with van der Waals surface area (Å²) in [7, 11) is 0.795. The SMILES string of the molecule is COCCNC(=O)c1cc(S(=O)(=O)N(C)c2ccc(OC)cc2)cs1. The average Bonchev–Trinajstić information content (AvgIpc) is 3.12. The quantitative estimate of drug-likeness (QED) is 0.703. The van der Waals surface area contributed by atoms with Crippen LogP contribution in [-0.2, 0) is 14.8 Å². The number of sulfonamides is 1. The Balaban J connectivity index is 2.17. The van der Waals surface area contributed by atoms with E-state index in [4.69, 9.17) is 9.47 Å². The lowest BCUT2D eigenvalue weighted by Gasteiger charge is -2.18. The Morgan fingerprint density at radius 3 is 2.52 bits per heavy atom. The first kappa shape index (κ1) is 19.2. The molecule has 0 atom stereocenters. The van der Waals surface area contributed by atoms with E-state index < -0.39 is 10.0 Å². The van der Waals surface area contributed by atoms with E-state index in [1.54, 1.807) is 31.4 Å². The van der Waals surface area contributed by atoms with Crippen molar-refractivity contribution in [1.82, 2.24) is 5.32 Å². The Labute approximate surface area is 151 Å². The maximum absolute atomic E-state index is 12.7. The number of methoxy groups -OCH3 is 2. The zero-order valence-corrected chi connectivity index (χ0v) is 15.8. The number of hydrogen-bond donors (Lipinski definition) is 1. The number of amides is 1. The number of ether oxygens (including phenoxy) is 2. The molecule has 7 nitrogen and oxygen atoms in total. The Morgan fingerprint density at radius 2 is 1.92 bits per heavy atom. The summed E-state index contributed by atoms with van der Waals surface area (Å²) in [5.74, 6) is 0.315. The predicted molar refractivity (Wildman–Crippen MR) is 97.1 cm³/mol. The van der Waals surface area contributed by atoms with Gasteiger partial charge in [-0.3, -0.25) is 9.10 Å². The third-order valence-corrected chi connectivity index (χ3v) is 6.33. The zero-order valence-electron chi connectivity index (χ0n) is 14.2. The maximum atomic E-state index is 12.7. The first-order valence-corrected chi connectivity index (χ1v) is 9.70. The molecule has 25 heavy (non-hydrogen) atoms. The Morgan fingerprint density at radius 1 is 1.24 bits per heavy atom. The van der Waals surface area contributed by atoms with Crippen LogP contribution in [0.2, 0.25) is 0 Å². The summed E-state index contributed by atoms with van der Waals surface area (Å²) in [5.41, 5.74) is 0.498. The fourth-order valence-electron chi connectivity index (χ4n) is 2.02. The van der Waals surface area contributed by atoms with Gasteiger partial charge < -0.3 is 14.8 Å². The number of nitrogens with one attached hydrogen (secondary N) is 1. The van der Waals surface area contributed by atoms with Crippen LogP contribution in [0, 0.1) is 0 Å². The second-order valence-corrected chi connectivity index (χ2v) is 7.95. The fraction of sp³-hybridized carbons (Fsp3) is 0.312. The Hall–Kier alpha value is -2.10. The second-order valence-electron chi connectivity index (χ2n) is 5.07. The van der Waals surface area contributed by atoms with E-state index in [0.29, 0.717) is 29.5 Å². The number of rotatable bonds is 8. The molecule has 1 aromatic heterocycles. The smallest absolute Gasteiger partial charge is 0.264 e. The number of nitrogens with zero attached hydrogens (tertiary/aromatic N) is 1. The van der Waals surface area contributed by atoms with Crippen LogP contribution < -0.4 is 14.4 Å². The second kappa shape index (κ2) is 8.32. The minimum Gasteiger partial charge on any atom is -0.497 e. The third-order valence-electron chi connectivity index (χ3n) is 3.49. The highest BCUT2D eigenvalue weighted by Gasteiger charge is 2.24. The molecule has 1 N–H and O–H groups in total. The van der Waals surface area contributed by atoms with Crippen LogP contribution >= 0.6 is 11.3 Å². The van der Waals surface area contributed by atoms with Gasteiger partial charge >= 0.3 is 0 Å². The third kappa shape index (κ3) is 4.50. The minimum atomic E-state index is -3.75. The molecule has 1 heterocycles. The highest BCUT2D eigenvalue weighted by Crippen LogP contribution is 2.27. The van der Waals surface area contributed by atoms with Gasteiger partial charge in [0.05, 0.1) is 29.2 Å². The molecule has 136 valence electrons. The van der Waals surface area contributed by atoms with Crippen LogP contribution in [-0.4, -0.2) is 48.7 Å². The predicted octanol–water partition coefficient (Wildman–Crippen LogP) is 1.96. The number of thiophene rings is 1. The zero-order chi connectivity index (χ0) is 18.4. The van der Waals surface area contributed by atoms with E-state index in [2.05, 4.69) is 5.32 Å². The normalized spacial score (nSPS) is 11.2. The number of benzene rings is 1. The van der Waals surface area contributed by atoms with Gasteiger partial charge in [-0.05, 0) is 30.3 Å². The van der Waals surface area contributed by atoms with Gasteiger partial charge in [0.25, 0.3) is 15.9 Å². The molecule has 0 aliphatic heterocycles. The van der Waals surface area contributed by atoms with Crippen LogP contribution in [0.5, 0.6) is 5.75 Å². The molecular weight excluding hydrogens is 364 g/mol. The molecule has 2 rings (SSSR count). The van der Waals surface area contributed by atoms with Crippen molar-refractivity contribution in [2.24, 2.45) is 0 Å². The summed E-state index contributed by atoms with van der Waals surface area (Å²) in [6.45, 7) is 0.754. The van der Waals surface area contributed by atoms with E-state index in [1.165, 1.54) is 29.9 Å². The Bertz CT molecular complexity index is 815. The molecule has 0 bridgehead atoms. The van der Waals surface area contributed by atoms with E-state index in [-0.39, 0.29) is 10.8 Å². The number of hydrogen-bond acceptors (Lipinski definition) is 6. The molecule has 0 spiro atoms. The largest absolute Gasteiger partial charge is 0.497 e. The molecule has 0 fully saturated rings. The van der Waals surface area contributed by atoms with Crippen molar-refractivity contribution >= 4 is 33.0 Å². The van der Waals surface area contributed by atoms with E-state index in [9.17, 15) is 13.2 Å². The summed E-state index contributed by atoms with van der Waals surface area (Å²) < 4.78 is 36.6. The molecule has 0 saturated heterocycles. The molecule has 9 heteroatoms. The Kier molecular flexibility index (Phi) is 6.40. The summed E-state index contributed by atoms with van der Waals surface area (Å²) in [6.07, 6.45) is 0. The molecule has 0 aliphatic rings. The molecule has 0 unspecified atom stereocenters. The standard InChI is InChI=1S/C16H20N2O5S2/c1-18(12-4-6-13(23-3)7-5-12)25(20,21)14-10-15(24-11-14)16(19)17-8-9-22-2/h4-7,10-11H,8-9H2,1-3H3,(H,17,19). The monoisotopic (exact) mass is 384 g/mol. The first-order valence-electron chi connectivity index (χ1n) is 7.39. The fourth-order valence-corrected chi connectivity index (χ4v) is 4.39. The molecule has 1 amide bonds. The van der Waals surface area contributed by atoms with Gasteiger partial charge in [-0.25, -0.2) is 8.42 Å². The summed E-state index contributed by atoms with van der Waals surface area (Å²) in [5, 5.41) is 4.12. The number of anilines is 1. The van der Waals surface area contributed by atoms with Gasteiger partial charge in [0.2, 0.25) is 0 Å². The number of carbonyl (C=O) groups is 1. The lowest BCUT2D eigenvalue weighted by atomic mass is 10.3. The van der Waals surface area contributed by atoms with Gasteiger partial charge in [-0.2, -0.15) is 0 Å². The van der Waals surface area contributed by atoms with Crippen molar-refractivity contribution in [2.45, 2.75) is 4.90 Å². The van der Waals surface area contributed by atoms with Gasteiger partial charge in [0.1, 0.15) is 5.75 Å². The summed E-state index contributed by atoms with van der Waals surface area (Å²) in [4.78, 5) is 12.4. The van der Waals surface area contributed by atoms with Crippen LogP contribution in [0.3, 0.4) is 0 Å². The molecule has 2 aromatic rings. The van der Waals surface area contributed by atoms with Crippen LogP contribution in [0.1, 0.15) is 9.67 Å².